The molecule has 0 bridgehead atoms. The maximum absolute atomic E-state index is 13.9. The van der Waals surface area contributed by atoms with E-state index in [1.165, 1.54) is 0 Å². The Hall–Kier alpha value is -2.15. The molecular weight excluding hydrogens is 384 g/mol. The average molecular weight is 400 g/mol. The van der Waals surface area contributed by atoms with Gasteiger partial charge in [0.15, 0.2) is 11.6 Å². The number of carbonyl (C=O) groups is 1. The van der Waals surface area contributed by atoms with E-state index in [4.69, 9.17) is 15.2 Å². The Morgan fingerprint density at radius 2 is 1.62 bits per heavy atom. The van der Waals surface area contributed by atoms with Crippen LogP contribution in [-0.2, 0) is 0 Å². The van der Waals surface area contributed by atoms with Crippen LogP contribution < -0.4 is 15.2 Å². The maximum atomic E-state index is 13.9. The number of ether oxygens (including phenoxy) is 2. The van der Waals surface area contributed by atoms with Crippen molar-refractivity contribution in [1.29, 1.82) is 0 Å². The summed E-state index contributed by atoms with van der Waals surface area (Å²) in [6, 6.07) is 9.54. The number of amides is 1. The summed E-state index contributed by atoms with van der Waals surface area (Å²) in [5.74, 6) is -2.68. The van der Waals surface area contributed by atoms with Crippen molar-refractivity contribution in [2.45, 2.75) is 12.8 Å². The number of unbranched alkanes of at least 4 members (excludes halogenated alkanes) is 1. The number of halogens is 3. The first-order chi connectivity index (χ1) is 11.5. The normalized spacial score (nSPS) is 10.5. The number of primary amides is 1. The first-order valence-corrected chi connectivity index (χ1v) is 8.07. The van der Waals surface area contributed by atoms with E-state index in [2.05, 4.69) is 15.9 Å². The van der Waals surface area contributed by atoms with Crippen LogP contribution in [0.5, 0.6) is 11.5 Å². The van der Waals surface area contributed by atoms with Gasteiger partial charge in [-0.05, 0) is 49.2 Å². The molecule has 7 heteroatoms. The zero-order chi connectivity index (χ0) is 17.5. The molecule has 0 aliphatic carbocycles. The second kappa shape index (κ2) is 8.63. The van der Waals surface area contributed by atoms with Crippen molar-refractivity contribution in [1.82, 2.24) is 0 Å². The molecule has 0 aliphatic rings. The molecule has 4 nitrogen and oxygen atoms in total. The standard InChI is InChI=1S/C17H16BrF2NO3/c18-11-3-5-12(6-4-11)23-9-1-2-10-24-14-8-7-13(19)15(16(14)20)17(21)22/h3-8H,1-2,9-10H2,(H2,21,22). The number of hydrogen-bond acceptors (Lipinski definition) is 3. The smallest absolute Gasteiger partial charge is 0.254 e. The molecule has 0 unspecified atom stereocenters. The van der Waals surface area contributed by atoms with Crippen LogP contribution in [0.4, 0.5) is 8.78 Å². The van der Waals surface area contributed by atoms with Crippen molar-refractivity contribution in [3.63, 3.8) is 0 Å². The van der Waals surface area contributed by atoms with E-state index in [-0.39, 0.29) is 12.4 Å². The molecule has 0 saturated carbocycles. The Bertz CT molecular complexity index is 708. The maximum Gasteiger partial charge on any atom is 0.254 e. The predicted octanol–water partition coefficient (Wildman–Crippen LogP) is 4.06. The lowest BCUT2D eigenvalue weighted by Crippen LogP contribution is -2.16. The highest BCUT2D eigenvalue weighted by Crippen LogP contribution is 2.23. The van der Waals surface area contributed by atoms with Gasteiger partial charge in [0.25, 0.3) is 5.91 Å². The molecule has 0 saturated heterocycles. The van der Waals surface area contributed by atoms with Crippen molar-refractivity contribution in [2.75, 3.05) is 13.2 Å². The van der Waals surface area contributed by atoms with E-state index >= 15 is 0 Å². The molecule has 2 rings (SSSR count). The Balaban J connectivity index is 1.75. The summed E-state index contributed by atoms with van der Waals surface area (Å²) in [6.45, 7) is 0.702. The third-order valence-electron chi connectivity index (χ3n) is 3.18. The number of benzene rings is 2. The van der Waals surface area contributed by atoms with E-state index in [0.29, 0.717) is 19.4 Å². The Kier molecular flexibility index (Phi) is 6.54. The van der Waals surface area contributed by atoms with Crippen molar-refractivity contribution >= 4 is 21.8 Å². The summed E-state index contributed by atoms with van der Waals surface area (Å²) in [7, 11) is 0. The lowest BCUT2D eigenvalue weighted by Gasteiger charge is -2.10. The highest BCUT2D eigenvalue weighted by molar-refractivity contribution is 9.10. The monoisotopic (exact) mass is 399 g/mol. The van der Waals surface area contributed by atoms with Crippen molar-refractivity contribution in [3.8, 4) is 11.5 Å². The summed E-state index contributed by atoms with van der Waals surface area (Å²) in [4.78, 5) is 11.0. The average Bonchev–Trinajstić information content (AvgIpc) is 2.54. The van der Waals surface area contributed by atoms with Crippen molar-refractivity contribution < 1.29 is 23.0 Å². The second-order valence-corrected chi connectivity index (χ2v) is 5.87. The zero-order valence-corrected chi connectivity index (χ0v) is 14.3. The number of rotatable bonds is 8. The summed E-state index contributed by atoms with van der Waals surface area (Å²) in [6.07, 6.45) is 1.31. The number of hydrogen-bond donors (Lipinski definition) is 1. The minimum absolute atomic E-state index is 0.195. The Morgan fingerprint density at radius 1 is 1.00 bits per heavy atom. The molecule has 24 heavy (non-hydrogen) atoms. The molecule has 0 aromatic heterocycles. The van der Waals surface area contributed by atoms with Crippen LogP contribution in [0.1, 0.15) is 23.2 Å². The zero-order valence-electron chi connectivity index (χ0n) is 12.7. The second-order valence-electron chi connectivity index (χ2n) is 4.96. The molecule has 128 valence electrons. The van der Waals surface area contributed by atoms with Gasteiger partial charge < -0.3 is 15.2 Å². The molecule has 2 N–H and O–H groups in total. The van der Waals surface area contributed by atoms with E-state index in [9.17, 15) is 13.6 Å². The molecule has 0 radical (unpaired) electrons. The van der Waals surface area contributed by atoms with E-state index in [1.807, 2.05) is 24.3 Å². The van der Waals surface area contributed by atoms with Gasteiger partial charge in [-0.15, -0.1) is 0 Å². The summed E-state index contributed by atoms with van der Waals surface area (Å²) in [5, 5.41) is 0. The third-order valence-corrected chi connectivity index (χ3v) is 3.71. The molecule has 0 spiro atoms. The molecule has 0 aliphatic heterocycles. The van der Waals surface area contributed by atoms with Gasteiger partial charge in [-0.2, -0.15) is 0 Å². The topological polar surface area (TPSA) is 61.6 Å². The third kappa shape index (κ3) is 4.92. The van der Waals surface area contributed by atoms with Gasteiger partial charge in [0.2, 0.25) is 0 Å². The lowest BCUT2D eigenvalue weighted by atomic mass is 10.1. The highest BCUT2D eigenvalue weighted by Gasteiger charge is 2.19. The van der Waals surface area contributed by atoms with E-state index < -0.39 is 23.1 Å². The summed E-state index contributed by atoms with van der Waals surface area (Å²) in [5.41, 5.74) is 4.16. The van der Waals surface area contributed by atoms with Crippen LogP contribution >= 0.6 is 15.9 Å². The quantitative estimate of drug-likeness (QED) is 0.680. The van der Waals surface area contributed by atoms with E-state index in [0.717, 1.165) is 22.4 Å². The minimum atomic E-state index is -1.17. The van der Waals surface area contributed by atoms with Gasteiger partial charge in [-0.25, -0.2) is 8.78 Å². The molecule has 0 atom stereocenters. The first kappa shape index (κ1) is 18.2. The number of carbonyl (C=O) groups excluding carboxylic acids is 1. The van der Waals surface area contributed by atoms with Crippen LogP contribution in [0.25, 0.3) is 0 Å². The van der Waals surface area contributed by atoms with Gasteiger partial charge >= 0.3 is 0 Å². The van der Waals surface area contributed by atoms with Crippen LogP contribution in [0.15, 0.2) is 40.9 Å². The fourth-order valence-electron chi connectivity index (χ4n) is 1.98. The largest absolute Gasteiger partial charge is 0.494 e. The lowest BCUT2D eigenvalue weighted by molar-refractivity contribution is 0.0991. The van der Waals surface area contributed by atoms with Crippen molar-refractivity contribution in [2.24, 2.45) is 5.73 Å². The molecular formula is C17H16BrF2NO3. The van der Waals surface area contributed by atoms with Crippen LogP contribution in [0, 0.1) is 11.6 Å². The summed E-state index contributed by atoms with van der Waals surface area (Å²) < 4.78 is 39.0. The Morgan fingerprint density at radius 3 is 2.25 bits per heavy atom. The van der Waals surface area contributed by atoms with Crippen LogP contribution in [0.2, 0.25) is 0 Å². The van der Waals surface area contributed by atoms with Gasteiger partial charge in [0.05, 0.1) is 13.2 Å². The SMILES string of the molecule is NC(=O)c1c(F)ccc(OCCCCOc2ccc(Br)cc2)c1F. The van der Waals surface area contributed by atoms with Crippen molar-refractivity contribution in [3.05, 3.63) is 58.1 Å². The summed E-state index contributed by atoms with van der Waals surface area (Å²) >= 11 is 3.34. The van der Waals surface area contributed by atoms with Gasteiger partial charge in [0, 0.05) is 4.47 Å². The first-order valence-electron chi connectivity index (χ1n) is 7.28. The molecule has 0 heterocycles. The van der Waals surface area contributed by atoms with Crippen LogP contribution in [0.3, 0.4) is 0 Å². The highest BCUT2D eigenvalue weighted by atomic mass is 79.9. The molecule has 0 fully saturated rings. The molecule has 2 aromatic rings. The molecule has 2 aromatic carbocycles. The van der Waals surface area contributed by atoms with Gasteiger partial charge in [-0.3, -0.25) is 4.79 Å². The van der Waals surface area contributed by atoms with Crippen LogP contribution in [-0.4, -0.2) is 19.1 Å². The molecule has 1 amide bonds. The predicted molar refractivity (Wildman–Crippen MR) is 89.2 cm³/mol. The number of nitrogens with two attached hydrogens (primary N) is 1. The minimum Gasteiger partial charge on any atom is -0.494 e. The van der Waals surface area contributed by atoms with Gasteiger partial charge in [0.1, 0.15) is 17.1 Å². The fraction of sp³-hybridized carbons (Fsp3) is 0.235. The van der Waals surface area contributed by atoms with Gasteiger partial charge in [-0.1, -0.05) is 15.9 Å². The Labute approximate surface area is 146 Å². The fourth-order valence-corrected chi connectivity index (χ4v) is 2.24. The van der Waals surface area contributed by atoms with E-state index in [1.54, 1.807) is 0 Å².